The third-order valence-electron chi connectivity index (χ3n) is 4.01. The minimum atomic E-state index is 0.490. The van der Waals surface area contributed by atoms with Crippen molar-refractivity contribution < 1.29 is 0 Å². The van der Waals surface area contributed by atoms with E-state index in [2.05, 4.69) is 41.4 Å². The highest BCUT2D eigenvalue weighted by Gasteiger charge is 2.18. The Morgan fingerprint density at radius 3 is 2.10 bits per heavy atom. The molecular formula is C18H20N2. The quantitative estimate of drug-likeness (QED) is 0.642. The molecule has 0 bridgehead atoms. The standard InChI is InChI=1S/C18H20N2/c19-18(16-8-4-5-9-16)20-17-12-10-15(11-13-17)14-6-2-1-3-7-14/h1-3,6-7,10-13,16H,4-5,8-9H2,(H2,19,20). The molecule has 2 heteroatoms. The molecule has 3 rings (SSSR count). The van der Waals surface area contributed by atoms with Gasteiger partial charge < -0.3 is 5.73 Å². The van der Waals surface area contributed by atoms with E-state index in [-0.39, 0.29) is 0 Å². The summed E-state index contributed by atoms with van der Waals surface area (Å²) >= 11 is 0. The lowest BCUT2D eigenvalue weighted by atomic mass is 10.1. The summed E-state index contributed by atoms with van der Waals surface area (Å²) in [6.45, 7) is 0. The maximum Gasteiger partial charge on any atom is 0.103 e. The molecule has 102 valence electrons. The summed E-state index contributed by atoms with van der Waals surface area (Å²) in [5, 5.41) is 0. The Balaban J connectivity index is 1.78. The smallest absolute Gasteiger partial charge is 0.103 e. The molecule has 0 amide bonds. The molecule has 0 saturated heterocycles. The van der Waals surface area contributed by atoms with Gasteiger partial charge in [-0.05, 0) is 36.1 Å². The Morgan fingerprint density at radius 1 is 0.850 bits per heavy atom. The van der Waals surface area contributed by atoms with E-state index in [1.807, 2.05) is 18.2 Å². The summed E-state index contributed by atoms with van der Waals surface area (Å²) in [6, 6.07) is 18.7. The lowest BCUT2D eigenvalue weighted by Gasteiger charge is -2.08. The third kappa shape index (κ3) is 2.90. The van der Waals surface area contributed by atoms with Gasteiger partial charge in [0.25, 0.3) is 0 Å². The zero-order valence-corrected chi connectivity index (χ0v) is 11.6. The summed E-state index contributed by atoms with van der Waals surface area (Å²) in [5.41, 5.74) is 9.50. The van der Waals surface area contributed by atoms with Crippen LogP contribution in [-0.2, 0) is 0 Å². The fourth-order valence-corrected chi connectivity index (χ4v) is 2.82. The van der Waals surface area contributed by atoms with Crippen LogP contribution in [0.3, 0.4) is 0 Å². The Kier molecular flexibility index (Phi) is 3.82. The second kappa shape index (κ2) is 5.91. The first-order valence-electron chi connectivity index (χ1n) is 7.32. The highest BCUT2D eigenvalue weighted by molar-refractivity contribution is 5.85. The highest BCUT2D eigenvalue weighted by atomic mass is 14.9. The van der Waals surface area contributed by atoms with Gasteiger partial charge >= 0.3 is 0 Å². The molecule has 1 aliphatic rings. The van der Waals surface area contributed by atoms with Crippen LogP contribution in [0.1, 0.15) is 25.7 Å². The monoisotopic (exact) mass is 264 g/mol. The van der Waals surface area contributed by atoms with Gasteiger partial charge in [0, 0.05) is 5.92 Å². The number of nitrogens with zero attached hydrogens (tertiary/aromatic N) is 1. The van der Waals surface area contributed by atoms with Crippen molar-refractivity contribution in [3.63, 3.8) is 0 Å². The van der Waals surface area contributed by atoms with Crippen molar-refractivity contribution in [2.24, 2.45) is 16.6 Å². The SMILES string of the molecule is NC(=Nc1ccc(-c2ccccc2)cc1)C1CCCC1. The molecule has 20 heavy (non-hydrogen) atoms. The van der Waals surface area contributed by atoms with E-state index in [1.54, 1.807) is 0 Å². The Bertz CT molecular complexity index is 579. The van der Waals surface area contributed by atoms with Gasteiger partial charge in [0.15, 0.2) is 0 Å². The van der Waals surface area contributed by atoms with Gasteiger partial charge in [-0.2, -0.15) is 0 Å². The van der Waals surface area contributed by atoms with Gasteiger partial charge in [-0.1, -0.05) is 55.3 Å². The van der Waals surface area contributed by atoms with Crippen LogP contribution >= 0.6 is 0 Å². The molecule has 2 aromatic carbocycles. The predicted octanol–water partition coefficient (Wildman–Crippen LogP) is 4.53. The van der Waals surface area contributed by atoms with Crippen LogP contribution in [0.5, 0.6) is 0 Å². The van der Waals surface area contributed by atoms with E-state index in [1.165, 1.54) is 36.8 Å². The van der Waals surface area contributed by atoms with Crippen molar-refractivity contribution in [2.75, 3.05) is 0 Å². The van der Waals surface area contributed by atoms with E-state index in [0.717, 1.165) is 11.5 Å². The van der Waals surface area contributed by atoms with Crippen LogP contribution in [-0.4, -0.2) is 5.84 Å². The molecule has 1 aliphatic carbocycles. The Labute approximate surface area is 120 Å². The molecule has 2 N–H and O–H groups in total. The van der Waals surface area contributed by atoms with Gasteiger partial charge in [0.05, 0.1) is 5.69 Å². The number of hydrogen-bond acceptors (Lipinski definition) is 1. The number of benzene rings is 2. The molecule has 0 radical (unpaired) electrons. The van der Waals surface area contributed by atoms with E-state index >= 15 is 0 Å². The number of nitrogens with two attached hydrogens (primary N) is 1. The van der Waals surface area contributed by atoms with Crippen LogP contribution in [0.15, 0.2) is 59.6 Å². The van der Waals surface area contributed by atoms with E-state index in [0.29, 0.717) is 5.92 Å². The van der Waals surface area contributed by atoms with E-state index in [9.17, 15) is 0 Å². The van der Waals surface area contributed by atoms with Gasteiger partial charge in [0.2, 0.25) is 0 Å². The first-order chi connectivity index (χ1) is 9.83. The molecule has 1 fully saturated rings. The molecule has 0 atom stereocenters. The summed E-state index contributed by atoms with van der Waals surface area (Å²) in [4.78, 5) is 4.57. The average Bonchev–Trinajstić information content (AvgIpc) is 3.03. The molecule has 2 aromatic rings. The lowest BCUT2D eigenvalue weighted by Crippen LogP contribution is -2.20. The summed E-state index contributed by atoms with van der Waals surface area (Å²) in [6.07, 6.45) is 4.95. The number of amidine groups is 1. The Hall–Kier alpha value is -2.09. The Morgan fingerprint density at radius 2 is 1.45 bits per heavy atom. The van der Waals surface area contributed by atoms with Gasteiger partial charge in [-0.25, -0.2) is 4.99 Å². The molecule has 2 nitrogen and oxygen atoms in total. The number of hydrogen-bond donors (Lipinski definition) is 1. The molecule has 0 aliphatic heterocycles. The van der Waals surface area contributed by atoms with Crippen LogP contribution in [0, 0.1) is 5.92 Å². The summed E-state index contributed by atoms with van der Waals surface area (Å²) in [5.74, 6) is 1.29. The van der Waals surface area contributed by atoms with Crippen molar-refractivity contribution in [3.05, 3.63) is 54.6 Å². The maximum atomic E-state index is 6.11. The third-order valence-corrected chi connectivity index (χ3v) is 4.01. The highest BCUT2D eigenvalue weighted by Crippen LogP contribution is 2.27. The minimum Gasteiger partial charge on any atom is -0.387 e. The first kappa shape index (κ1) is 12.9. The fraction of sp³-hybridized carbons (Fsp3) is 0.278. The van der Waals surface area contributed by atoms with Crippen molar-refractivity contribution in [1.29, 1.82) is 0 Å². The van der Waals surface area contributed by atoms with Gasteiger partial charge in [0.1, 0.15) is 5.84 Å². The largest absolute Gasteiger partial charge is 0.387 e. The predicted molar refractivity (Wildman–Crippen MR) is 85.1 cm³/mol. The number of rotatable bonds is 3. The van der Waals surface area contributed by atoms with Crippen molar-refractivity contribution in [1.82, 2.24) is 0 Å². The molecule has 0 spiro atoms. The van der Waals surface area contributed by atoms with Crippen LogP contribution < -0.4 is 5.73 Å². The van der Waals surface area contributed by atoms with Crippen molar-refractivity contribution in [2.45, 2.75) is 25.7 Å². The molecule has 1 saturated carbocycles. The van der Waals surface area contributed by atoms with Gasteiger partial charge in [-0.15, -0.1) is 0 Å². The normalized spacial score (nSPS) is 16.5. The van der Waals surface area contributed by atoms with Crippen LogP contribution in [0.2, 0.25) is 0 Å². The topological polar surface area (TPSA) is 38.4 Å². The average molecular weight is 264 g/mol. The molecule has 0 aromatic heterocycles. The zero-order valence-electron chi connectivity index (χ0n) is 11.6. The van der Waals surface area contributed by atoms with E-state index < -0.39 is 0 Å². The van der Waals surface area contributed by atoms with Crippen molar-refractivity contribution >= 4 is 11.5 Å². The lowest BCUT2D eigenvalue weighted by molar-refractivity contribution is 0.722. The van der Waals surface area contributed by atoms with Crippen LogP contribution in [0.25, 0.3) is 11.1 Å². The molecule has 0 heterocycles. The minimum absolute atomic E-state index is 0.490. The maximum absolute atomic E-state index is 6.11. The summed E-state index contributed by atoms with van der Waals surface area (Å²) in [7, 11) is 0. The second-order valence-electron chi connectivity index (χ2n) is 5.43. The van der Waals surface area contributed by atoms with Crippen molar-refractivity contribution in [3.8, 4) is 11.1 Å². The van der Waals surface area contributed by atoms with Crippen LogP contribution in [0.4, 0.5) is 5.69 Å². The van der Waals surface area contributed by atoms with E-state index in [4.69, 9.17) is 5.73 Å². The first-order valence-corrected chi connectivity index (χ1v) is 7.32. The second-order valence-corrected chi connectivity index (χ2v) is 5.43. The zero-order chi connectivity index (χ0) is 13.8. The summed E-state index contributed by atoms with van der Waals surface area (Å²) < 4.78 is 0. The van der Waals surface area contributed by atoms with Gasteiger partial charge in [-0.3, -0.25) is 0 Å². The molecule has 0 unspecified atom stereocenters. The molecular weight excluding hydrogens is 244 g/mol. The number of aliphatic imine (C=N–C) groups is 1. The fourth-order valence-electron chi connectivity index (χ4n) is 2.82.